The monoisotopic (exact) mass is 327 g/mol. The molecular weight excluding hydrogens is 310 g/mol. The molecule has 0 bridgehead atoms. The standard InChI is InChI=1S/C17H17N3O4/c1-2-10-5-3-6-11-9-12(17(23)19-15(10)11)16-18-13(24-20-16)7-4-8-14(21)22/h3,5-6,9H,2,4,7-8H2,1H3,(H,19,23)(H,21,22). The van der Waals surface area contributed by atoms with Crippen LogP contribution in [0, 0.1) is 0 Å². The Labute approximate surface area is 137 Å². The van der Waals surface area contributed by atoms with Gasteiger partial charge in [0.05, 0.1) is 11.1 Å². The summed E-state index contributed by atoms with van der Waals surface area (Å²) in [5, 5.41) is 13.4. The fourth-order valence-electron chi connectivity index (χ4n) is 2.61. The van der Waals surface area contributed by atoms with Crippen LogP contribution in [0.15, 0.2) is 33.6 Å². The van der Waals surface area contributed by atoms with Crippen molar-refractivity contribution in [2.75, 3.05) is 0 Å². The van der Waals surface area contributed by atoms with Gasteiger partial charge in [-0.3, -0.25) is 9.59 Å². The van der Waals surface area contributed by atoms with Gasteiger partial charge in [-0.1, -0.05) is 30.3 Å². The number of aromatic nitrogens is 3. The summed E-state index contributed by atoms with van der Waals surface area (Å²) >= 11 is 0. The van der Waals surface area contributed by atoms with Crippen LogP contribution in [-0.2, 0) is 17.6 Å². The van der Waals surface area contributed by atoms with E-state index in [1.54, 1.807) is 6.07 Å². The van der Waals surface area contributed by atoms with Crippen LogP contribution in [0.25, 0.3) is 22.3 Å². The van der Waals surface area contributed by atoms with E-state index in [0.717, 1.165) is 22.9 Å². The highest BCUT2D eigenvalue weighted by Gasteiger charge is 2.14. The summed E-state index contributed by atoms with van der Waals surface area (Å²) in [6.07, 6.45) is 1.63. The summed E-state index contributed by atoms with van der Waals surface area (Å²) in [5.74, 6) is -0.328. The first-order valence-corrected chi connectivity index (χ1v) is 7.78. The number of rotatable bonds is 6. The molecule has 0 aliphatic heterocycles. The Balaban J connectivity index is 1.92. The Bertz CT molecular complexity index is 942. The van der Waals surface area contributed by atoms with Gasteiger partial charge in [-0.25, -0.2) is 0 Å². The molecule has 0 aliphatic carbocycles. The molecule has 3 aromatic rings. The van der Waals surface area contributed by atoms with Gasteiger partial charge in [-0.15, -0.1) is 0 Å². The molecule has 1 aromatic carbocycles. The molecule has 2 N–H and O–H groups in total. The number of aryl methyl sites for hydroxylation is 2. The molecule has 7 heteroatoms. The third-order valence-electron chi connectivity index (χ3n) is 3.84. The van der Waals surface area contributed by atoms with Crippen molar-refractivity contribution >= 4 is 16.9 Å². The topological polar surface area (TPSA) is 109 Å². The van der Waals surface area contributed by atoms with Crippen LogP contribution < -0.4 is 5.56 Å². The maximum atomic E-state index is 12.4. The minimum Gasteiger partial charge on any atom is -0.481 e. The van der Waals surface area contributed by atoms with Crippen LogP contribution in [0.1, 0.15) is 31.2 Å². The first kappa shape index (κ1) is 15.9. The van der Waals surface area contributed by atoms with Crippen LogP contribution in [0.2, 0.25) is 0 Å². The highest BCUT2D eigenvalue weighted by Crippen LogP contribution is 2.20. The van der Waals surface area contributed by atoms with Gasteiger partial charge in [-0.2, -0.15) is 4.98 Å². The summed E-state index contributed by atoms with van der Waals surface area (Å²) in [4.78, 5) is 30.0. The van der Waals surface area contributed by atoms with Crippen molar-refractivity contribution < 1.29 is 14.4 Å². The molecule has 3 rings (SSSR count). The van der Waals surface area contributed by atoms with Crippen LogP contribution in [-0.4, -0.2) is 26.2 Å². The number of carbonyl (C=O) groups is 1. The third kappa shape index (κ3) is 3.19. The smallest absolute Gasteiger partial charge is 0.303 e. The van der Waals surface area contributed by atoms with E-state index in [1.165, 1.54) is 0 Å². The van der Waals surface area contributed by atoms with E-state index in [2.05, 4.69) is 15.1 Å². The van der Waals surface area contributed by atoms with Crippen LogP contribution in [0.3, 0.4) is 0 Å². The Hall–Kier alpha value is -2.96. The first-order chi connectivity index (χ1) is 11.6. The predicted octanol–water partition coefficient (Wildman–Crippen LogP) is 2.55. The minimum atomic E-state index is -0.868. The molecule has 0 aliphatic rings. The van der Waals surface area contributed by atoms with E-state index in [0.29, 0.717) is 24.3 Å². The van der Waals surface area contributed by atoms with Crippen LogP contribution in [0.5, 0.6) is 0 Å². The lowest BCUT2D eigenvalue weighted by molar-refractivity contribution is -0.137. The Morgan fingerprint density at radius 3 is 2.96 bits per heavy atom. The molecule has 2 heterocycles. The van der Waals surface area contributed by atoms with E-state index in [9.17, 15) is 9.59 Å². The third-order valence-corrected chi connectivity index (χ3v) is 3.84. The van der Waals surface area contributed by atoms with Gasteiger partial charge in [0.2, 0.25) is 11.7 Å². The zero-order chi connectivity index (χ0) is 17.1. The first-order valence-electron chi connectivity index (χ1n) is 7.78. The fraction of sp³-hybridized carbons (Fsp3) is 0.294. The number of fused-ring (bicyclic) bond motifs is 1. The Kier molecular flexibility index (Phi) is 4.41. The van der Waals surface area contributed by atoms with Crippen molar-refractivity contribution in [3.05, 3.63) is 46.1 Å². The van der Waals surface area contributed by atoms with Gasteiger partial charge in [0.1, 0.15) is 0 Å². The molecule has 2 aromatic heterocycles. The van der Waals surface area contributed by atoms with E-state index in [1.807, 2.05) is 25.1 Å². The van der Waals surface area contributed by atoms with Crippen LogP contribution in [0.4, 0.5) is 0 Å². The molecule has 0 saturated heterocycles. The normalized spacial score (nSPS) is 11.0. The second-order valence-corrected chi connectivity index (χ2v) is 5.51. The average Bonchev–Trinajstić information content (AvgIpc) is 3.02. The molecule has 0 unspecified atom stereocenters. The van der Waals surface area contributed by atoms with E-state index < -0.39 is 5.97 Å². The molecule has 0 amide bonds. The number of aromatic amines is 1. The van der Waals surface area contributed by atoms with Gasteiger partial charge < -0.3 is 14.6 Å². The minimum absolute atomic E-state index is 0.0358. The highest BCUT2D eigenvalue weighted by atomic mass is 16.5. The molecule has 24 heavy (non-hydrogen) atoms. The Morgan fingerprint density at radius 2 is 2.21 bits per heavy atom. The number of hydrogen-bond donors (Lipinski definition) is 2. The van der Waals surface area contributed by atoms with Crippen molar-refractivity contribution in [1.29, 1.82) is 0 Å². The fourth-order valence-corrected chi connectivity index (χ4v) is 2.61. The highest BCUT2D eigenvalue weighted by molar-refractivity contribution is 5.85. The zero-order valence-electron chi connectivity index (χ0n) is 13.2. The van der Waals surface area contributed by atoms with E-state index >= 15 is 0 Å². The summed E-state index contributed by atoms with van der Waals surface area (Å²) in [6, 6.07) is 7.59. The van der Waals surface area contributed by atoms with Crippen molar-refractivity contribution in [2.24, 2.45) is 0 Å². The number of nitrogens with one attached hydrogen (secondary N) is 1. The summed E-state index contributed by atoms with van der Waals surface area (Å²) in [5.41, 5.74) is 1.95. The molecular formula is C17H17N3O4. The van der Waals surface area contributed by atoms with Gasteiger partial charge in [-0.05, 0) is 29.9 Å². The molecule has 0 saturated carbocycles. The average molecular weight is 327 g/mol. The lowest BCUT2D eigenvalue weighted by Crippen LogP contribution is -2.10. The Morgan fingerprint density at radius 1 is 1.38 bits per heavy atom. The maximum Gasteiger partial charge on any atom is 0.303 e. The number of carboxylic acids is 1. The number of para-hydroxylation sites is 1. The SMILES string of the molecule is CCc1cccc2cc(-c3noc(CCCC(=O)O)n3)c(=O)[nH]c12. The number of carboxylic acid groups (broad SMARTS) is 1. The van der Waals surface area contributed by atoms with Gasteiger partial charge in [0.15, 0.2) is 0 Å². The summed E-state index contributed by atoms with van der Waals surface area (Å²) in [6.45, 7) is 2.03. The zero-order valence-corrected chi connectivity index (χ0v) is 13.2. The largest absolute Gasteiger partial charge is 0.481 e. The second kappa shape index (κ2) is 6.66. The number of hydrogen-bond acceptors (Lipinski definition) is 5. The van der Waals surface area contributed by atoms with E-state index in [4.69, 9.17) is 9.63 Å². The molecule has 124 valence electrons. The molecule has 7 nitrogen and oxygen atoms in total. The number of nitrogens with zero attached hydrogens (tertiary/aromatic N) is 2. The number of H-pyrrole nitrogens is 1. The van der Waals surface area contributed by atoms with Gasteiger partial charge >= 0.3 is 5.97 Å². The number of aliphatic carboxylic acids is 1. The van der Waals surface area contributed by atoms with Crippen molar-refractivity contribution in [3.63, 3.8) is 0 Å². The lowest BCUT2D eigenvalue weighted by Gasteiger charge is -2.04. The molecule has 0 radical (unpaired) electrons. The quantitative estimate of drug-likeness (QED) is 0.720. The second-order valence-electron chi connectivity index (χ2n) is 5.51. The van der Waals surface area contributed by atoms with Crippen molar-refractivity contribution in [2.45, 2.75) is 32.6 Å². The maximum absolute atomic E-state index is 12.4. The van der Waals surface area contributed by atoms with Crippen molar-refractivity contribution in [3.8, 4) is 11.4 Å². The lowest BCUT2D eigenvalue weighted by atomic mass is 10.1. The summed E-state index contributed by atoms with van der Waals surface area (Å²) in [7, 11) is 0. The van der Waals surface area contributed by atoms with Gasteiger partial charge in [0.25, 0.3) is 5.56 Å². The predicted molar refractivity (Wildman–Crippen MR) is 87.8 cm³/mol. The molecule has 0 atom stereocenters. The molecule has 0 fully saturated rings. The van der Waals surface area contributed by atoms with E-state index in [-0.39, 0.29) is 17.8 Å². The van der Waals surface area contributed by atoms with Gasteiger partial charge in [0, 0.05) is 12.8 Å². The van der Waals surface area contributed by atoms with Crippen LogP contribution >= 0.6 is 0 Å². The molecule has 0 spiro atoms. The number of pyridine rings is 1. The number of benzene rings is 1. The van der Waals surface area contributed by atoms with Crippen molar-refractivity contribution in [1.82, 2.24) is 15.1 Å². The summed E-state index contributed by atoms with van der Waals surface area (Å²) < 4.78 is 5.11.